The van der Waals surface area contributed by atoms with Crippen molar-refractivity contribution in [3.63, 3.8) is 0 Å². The normalized spacial score (nSPS) is 16.5. The maximum atomic E-state index is 12.1. The maximum Gasteiger partial charge on any atom is 0.178 e. The summed E-state index contributed by atoms with van der Waals surface area (Å²) in [6.07, 6.45) is 4.37. The predicted octanol–water partition coefficient (Wildman–Crippen LogP) is 4.38. The molecule has 1 heterocycles. The van der Waals surface area contributed by atoms with E-state index >= 15 is 0 Å². The zero-order chi connectivity index (χ0) is 20.1. The first-order valence-corrected chi connectivity index (χ1v) is 11.7. The van der Waals surface area contributed by atoms with Crippen molar-refractivity contribution < 1.29 is 8.42 Å². The third-order valence-electron chi connectivity index (χ3n) is 5.61. The summed E-state index contributed by atoms with van der Waals surface area (Å²) in [5.41, 5.74) is 4.21. The summed E-state index contributed by atoms with van der Waals surface area (Å²) in [6.45, 7) is 5.64. The largest absolute Gasteiger partial charge is 0.288 e. The Morgan fingerprint density at radius 2 is 1.75 bits per heavy atom. The number of piperidine rings is 1. The minimum atomic E-state index is -3.19. The summed E-state index contributed by atoms with van der Waals surface area (Å²) >= 11 is 0. The topological polar surface area (TPSA) is 61.2 Å². The number of likely N-dealkylation sites (tertiary alicyclic amines) is 1. The van der Waals surface area contributed by atoms with Crippen molar-refractivity contribution in [1.82, 2.24) is 4.90 Å². The molecule has 1 aliphatic rings. The van der Waals surface area contributed by atoms with Crippen LogP contribution in [0.3, 0.4) is 0 Å². The van der Waals surface area contributed by atoms with Crippen LogP contribution in [0, 0.1) is 18.3 Å². The highest BCUT2D eigenvalue weighted by Gasteiger charge is 2.20. The Kier molecular flexibility index (Phi) is 6.53. The van der Waals surface area contributed by atoms with Crippen LogP contribution in [0.2, 0.25) is 0 Å². The number of hydrogen-bond donors (Lipinski definition) is 0. The summed E-state index contributed by atoms with van der Waals surface area (Å²) < 4.78 is 24.2. The molecule has 1 aliphatic heterocycles. The van der Waals surface area contributed by atoms with Gasteiger partial charge in [-0.3, -0.25) is 4.90 Å². The predicted molar refractivity (Wildman–Crippen MR) is 113 cm³/mol. The molecular weight excluding hydrogens is 368 g/mol. The fourth-order valence-electron chi connectivity index (χ4n) is 3.85. The van der Waals surface area contributed by atoms with Gasteiger partial charge >= 0.3 is 0 Å². The fourth-order valence-corrected chi connectivity index (χ4v) is 4.82. The smallest absolute Gasteiger partial charge is 0.178 e. The Morgan fingerprint density at radius 3 is 2.32 bits per heavy atom. The van der Waals surface area contributed by atoms with E-state index in [1.165, 1.54) is 19.3 Å². The van der Waals surface area contributed by atoms with Gasteiger partial charge in [-0.2, -0.15) is 5.26 Å². The molecule has 2 aromatic rings. The number of hydrogen-bond acceptors (Lipinski definition) is 4. The molecule has 0 aliphatic carbocycles. The molecule has 3 rings (SSSR count). The molecule has 1 saturated heterocycles. The summed E-state index contributed by atoms with van der Waals surface area (Å²) in [5, 5.41) is 9.58. The van der Waals surface area contributed by atoms with Gasteiger partial charge in [0.1, 0.15) is 6.04 Å². The Labute approximate surface area is 168 Å². The lowest BCUT2D eigenvalue weighted by Crippen LogP contribution is -2.39. The summed E-state index contributed by atoms with van der Waals surface area (Å²) in [5.74, 6) is 0.109. The summed E-state index contributed by atoms with van der Waals surface area (Å²) in [7, 11) is -3.19. The van der Waals surface area contributed by atoms with Crippen LogP contribution >= 0.6 is 0 Å². The lowest BCUT2D eigenvalue weighted by atomic mass is 9.97. The van der Waals surface area contributed by atoms with Crippen LogP contribution in [-0.4, -0.2) is 38.2 Å². The molecule has 5 heteroatoms. The van der Waals surface area contributed by atoms with Crippen LogP contribution < -0.4 is 0 Å². The summed E-state index contributed by atoms with van der Waals surface area (Å²) in [6, 6.07) is 16.0. The van der Waals surface area contributed by atoms with Crippen molar-refractivity contribution in [2.24, 2.45) is 0 Å². The van der Waals surface area contributed by atoms with Gasteiger partial charge in [0.25, 0.3) is 0 Å². The van der Waals surface area contributed by atoms with Gasteiger partial charge in [-0.25, -0.2) is 8.42 Å². The number of aryl methyl sites for hydroxylation is 1. The highest BCUT2D eigenvalue weighted by Crippen LogP contribution is 2.27. The van der Waals surface area contributed by atoms with E-state index in [1.807, 2.05) is 13.0 Å². The Hall–Kier alpha value is -2.16. The Morgan fingerprint density at radius 1 is 1.07 bits per heavy atom. The lowest BCUT2D eigenvalue weighted by molar-refractivity contribution is 0.194. The second-order valence-corrected chi connectivity index (χ2v) is 9.80. The number of sulfone groups is 1. The van der Waals surface area contributed by atoms with Gasteiger partial charge in [-0.1, -0.05) is 43.7 Å². The van der Waals surface area contributed by atoms with E-state index < -0.39 is 9.84 Å². The van der Waals surface area contributed by atoms with Crippen LogP contribution in [0.5, 0.6) is 0 Å². The number of nitriles is 1. The molecule has 1 atom stereocenters. The SMILES string of the molecule is CCS(=O)(=O)c1ccc(-c2ccc(C[C@@H](C#N)N3CCCCC3)cc2)c(C)c1. The molecule has 0 bridgehead atoms. The molecule has 2 aromatic carbocycles. The van der Waals surface area contributed by atoms with E-state index in [9.17, 15) is 13.7 Å². The second kappa shape index (κ2) is 8.89. The first-order valence-electron chi connectivity index (χ1n) is 10.0. The van der Waals surface area contributed by atoms with Crippen LogP contribution in [0.15, 0.2) is 47.4 Å². The van der Waals surface area contributed by atoms with E-state index in [1.54, 1.807) is 19.1 Å². The van der Waals surface area contributed by atoms with Crippen LogP contribution in [0.1, 0.15) is 37.3 Å². The molecule has 28 heavy (non-hydrogen) atoms. The minimum absolute atomic E-state index is 0.0635. The number of rotatable bonds is 6. The molecule has 0 saturated carbocycles. The van der Waals surface area contributed by atoms with Crippen molar-refractivity contribution in [1.29, 1.82) is 5.26 Å². The Balaban J connectivity index is 1.76. The van der Waals surface area contributed by atoms with Crippen LogP contribution in [0.4, 0.5) is 0 Å². The number of nitrogens with zero attached hydrogens (tertiary/aromatic N) is 2. The summed E-state index contributed by atoms with van der Waals surface area (Å²) in [4.78, 5) is 2.68. The third kappa shape index (κ3) is 4.63. The van der Waals surface area contributed by atoms with Crippen LogP contribution in [0.25, 0.3) is 11.1 Å². The van der Waals surface area contributed by atoms with Gasteiger partial charge in [0.2, 0.25) is 0 Å². The average molecular weight is 397 g/mol. The molecule has 148 valence electrons. The van der Waals surface area contributed by atoms with Gasteiger partial charge in [0.05, 0.1) is 16.7 Å². The molecular formula is C23H28N2O2S. The van der Waals surface area contributed by atoms with Crippen molar-refractivity contribution >= 4 is 9.84 Å². The molecule has 0 unspecified atom stereocenters. The van der Waals surface area contributed by atoms with Gasteiger partial charge in [-0.15, -0.1) is 0 Å². The lowest BCUT2D eigenvalue weighted by Gasteiger charge is -2.30. The molecule has 0 aromatic heterocycles. The minimum Gasteiger partial charge on any atom is -0.288 e. The van der Waals surface area contributed by atoms with Gasteiger partial charge in [0.15, 0.2) is 9.84 Å². The van der Waals surface area contributed by atoms with Crippen molar-refractivity contribution in [2.75, 3.05) is 18.8 Å². The van der Waals surface area contributed by atoms with Gasteiger partial charge < -0.3 is 0 Å². The average Bonchev–Trinajstić information content (AvgIpc) is 2.73. The van der Waals surface area contributed by atoms with E-state index in [4.69, 9.17) is 0 Å². The maximum absolute atomic E-state index is 12.1. The standard InChI is InChI=1S/C23H28N2O2S/c1-3-28(26,27)22-11-12-23(18(2)15-22)20-9-7-19(8-10-20)16-21(17-24)25-13-5-4-6-14-25/h7-12,15,21H,3-6,13-14,16H2,1-2H3/t21-/m0/s1. The molecule has 0 radical (unpaired) electrons. The first-order chi connectivity index (χ1) is 13.4. The Bertz CT molecular complexity index is 953. The second-order valence-electron chi connectivity index (χ2n) is 7.52. The molecule has 0 N–H and O–H groups in total. The molecule has 4 nitrogen and oxygen atoms in total. The monoisotopic (exact) mass is 396 g/mol. The van der Waals surface area contributed by atoms with E-state index in [2.05, 4.69) is 35.2 Å². The molecule has 0 spiro atoms. The van der Waals surface area contributed by atoms with Crippen molar-refractivity contribution in [3.05, 3.63) is 53.6 Å². The quantitative estimate of drug-likeness (QED) is 0.727. The van der Waals surface area contributed by atoms with Crippen molar-refractivity contribution in [2.45, 2.75) is 50.5 Å². The van der Waals surface area contributed by atoms with Gasteiger partial charge in [0, 0.05) is 6.42 Å². The van der Waals surface area contributed by atoms with E-state index in [0.29, 0.717) is 4.90 Å². The molecule has 0 amide bonds. The number of benzene rings is 2. The highest BCUT2D eigenvalue weighted by molar-refractivity contribution is 7.91. The molecule has 1 fully saturated rings. The van der Waals surface area contributed by atoms with Gasteiger partial charge in [-0.05, 0) is 67.2 Å². The van der Waals surface area contributed by atoms with Crippen molar-refractivity contribution in [3.8, 4) is 17.2 Å². The highest BCUT2D eigenvalue weighted by atomic mass is 32.2. The zero-order valence-corrected chi connectivity index (χ0v) is 17.5. The zero-order valence-electron chi connectivity index (χ0n) is 16.7. The fraction of sp³-hybridized carbons (Fsp3) is 0.435. The third-order valence-corrected chi connectivity index (χ3v) is 7.34. The van der Waals surface area contributed by atoms with E-state index in [-0.39, 0.29) is 11.8 Å². The van der Waals surface area contributed by atoms with Crippen LogP contribution in [-0.2, 0) is 16.3 Å². The van der Waals surface area contributed by atoms with E-state index in [0.717, 1.165) is 41.8 Å². The first kappa shape index (κ1) is 20.6.